The van der Waals surface area contributed by atoms with Gasteiger partial charge in [0.2, 0.25) is 5.91 Å². The molecule has 0 saturated heterocycles. The first-order valence-corrected chi connectivity index (χ1v) is 6.10. The molecule has 0 aliphatic heterocycles. The Labute approximate surface area is 115 Å². The molecule has 0 aliphatic carbocycles. The first-order valence-electron chi connectivity index (χ1n) is 6.10. The molecule has 0 radical (unpaired) electrons. The summed E-state index contributed by atoms with van der Waals surface area (Å²) in [5, 5.41) is 8.77. The van der Waals surface area contributed by atoms with Crippen molar-refractivity contribution in [3.8, 4) is 0 Å². The molecule has 7 nitrogen and oxygen atoms in total. The summed E-state index contributed by atoms with van der Waals surface area (Å²) in [5.74, 6) is 0.409. The number of hydrogen-bond donors (Lipinski definition) is 2. The van der Waals surface area contributed by atoms with Crippen LogP contribution < -0.4 is 10.6 Å². The van der Waals surface area contributed by atoms with Crippen LogP contribution >= 0.6 is 0 Å². The van der Waals surface area contributed by atoms with Gasteiger partial charge in [0.15, 0.2) is 5.69 Å². The van der Waals surface area contributed by atoms with Gasteiger partial charge in [0, 0.05) is 6.07 Å². The van der Waals surface area contributed by atoms with Crippen molar-refractivity contribution in [1.82, 2.24) is 15.8 Å². The van der Waals surface area contributed by atoms with Crippen LogP contribution in [-0.4, -0.2) is 23.0 Å². The minimum Gasteiger partial charge on any atom is -0.467 e. The van der Waals surface area contributed by atoms with Crippen LogP contribution in [-0.2, 0) is 11.3 Å². The summed E-state index contributed by atoms with van der Waals surface area (Å²) in [6, 6.07) is 4.30. The molecule has 0 spiro atoms. The van der Waals surface area contributed by atoms with Gasteiger partial charge in [-0.1, -0.05) is 5.16 Å². The van der Waals surface area contributed by atoms with E-state index in [1.54, 1.807) is 26.0 Å². The molecule has 2 N–H and O–H groups in total. The molecule has 0 fully saturated rings. The summed E-state index contributed by atoms with van der Waals surface area (Å²) in [7, 11) is 0. The van der Waals surface area contributed by atoms with E-state index in [1.807, 2.05) is 0 Å². The first kappa shape index (κ1) is 13.9. The number of aromatic nitrogens is 1. The molecule has 7 heteroatoms. The number of furan rings is 1. The lowest BCUT2D eigenvalue weighted by Crippen LogP contribution is -2.44. The Morgan fingerprint density at radius 3 is 2.85 bits per heavy atom. The minimum atomic E-state index is -0.686. The maximum absolute atomic E-state index is 11.8. The molecule has 106 valence electrons. The highest BCUT2D eigenvalue weighted by Gasteiger charge is 2.18. The lowest BCUT2D eigenvalue weighted by atomic mass is 10.2. The number of amides is 2. The van der Waals surface area contributed by atoms with Gasteiger partial charge in [-0.15, -0.1) is 0 Å². The van der Waals surface area contributed by atoms with Crippen LogP contribution in [0.4, 0.5) is 0 Å². The van der Waals surface area contributed by atoms with E-state index in [9.17, 15) is 9.59 Å². The zero-order chi connectivity index (χ0) is 14.5. The van der Waals surface area contributed by atoms with E-state index in [1.165, 1.54) is 12.3 Å². The molecular formula is C13H15N3O4. The average Bonchev–Trinajstić information content (AvgIpc) is 3.06. The summed E-state index contributed by atoms with van der Waals surface area (Å²) in [4.78, 5) is 23.6. The Morgan fingerprint density at radius 2 is 2.25 bits per heavy atom. The van der Waals surface area contributed by atoms with E-state index >= 15 is 0 Å². The number of carbonyl (C=O) groups excluding carboxylic acids is 2. The fraction of sp³-hybridized carbons (Fsp3) is 0.308. The molecule has 1 atom stereocenters. The standard InChI is InChI=1S/C13H15N3O4/c1-8-6-11(16-20-8)13(18)15-9(2)12(17)14-7-10-4-3-5-19-10/h3-6,9H,7H2,1-2H3,(H,14,17)(H,15,18). The Kier molecular flexibility index (Phi) is 4.19. The summed E-state index contributed by atoms with van der Waals surface area (Å²) < 4.78 is 9.89. The van der Waals surface area contributed by atoms with E-state index < -0.39 is 11.9 Å². The summed E-state index contributed by atoms with van der Waals surface area (Å²) in [6.07, 6.45) is 1.53. The van der Waals surface area contributed by atoms with E-state index in [4.69, 9.17) is 8.94 Å². The Balaban J connectivity index is 1.83. The summed E-state index contributed by atoms with van der Waals surface area (Å²) in [5.41, 5.74) is 0.146. The van der Waals surface area contributed by atoms with Crippen LogP contribution in [0.2, 0.25) is 0 Å². The highest BCUT2D eigenvalue weighted by atomic mass is 16.5. The Bertz CT molecular complexity index is 589. The van der Waals surface area contributed by atoms with Crippen molar-refractivity contribution in [3.63, 3.8) is 0 Å². The average molecular weight is 277 g/mol. The van der Waals surface area contributed by atoms with Gasteiger partial charge in [0.25, 0.3) is 5.91 Å². The van der Waals surface area contributed by atoms with Crippen molar-refractivity contribution in [2.75, 3.05) is 0 Å². The molecule has 0 bridgehead atoms. The van der Waals surface area contributed by atoms with Crippen LogP contribution in [0.1, 0.15) is 28.9 Å². The van der Waals surface area contributed by atoms with E-state index in [0.29, 0.717) is 11.5 Å². The lowest BCUT2D eigenvalue weighted by Gasteiger charge is -2.12. The Hall–Kier alpha value is -2.57. The molecule has 0 aliphatic rings. The van der Waals surface area contributed by atoms with Crippen molar-refractivity contribution in [2.45, 2.75) is 26.4 Å². The fourth-order valence-corrected chi connectivity index (χ4v) is 1.55. The number of nitrogens with one attached hydrogen (secondary N) is 2. The molecule has 2 amide bonds. The van der Waals surface area contributed by atoms with Crippen LogP contribution in [0.5, 0.6) is 0 Å². The molecule has 0 saturated carbocycles. The highest BCUT2D eigenvalue weighted by molar-refractivity contribution is 5.95. The van der Waals surface area contributed by atoms with Gasteiger partial charge in [-0.2, -0.15) is 0 Å². The van der Waals surface area contributed by atoms with Gasteiger partial charge in [-0.05, 0) is 26.0 Å². The van der Waals surface area contributed by atoms with Crippen molar-refractivity contribution in [3.05, 3.63) is 41.7 Å². The molecule has 2 rings (SSSR count). The number of nitrogens with zero attached hydrogens (tertiary/aromatic N) is 1. The lowest BCUT2D eigenvalue weighted by molar-refractivity contribution is -0.122. The van der Waals surface area contributed by atoms with Crippen LogP contribution in [0, 0.1) is 6.92 Å². The maximum atomic E-state index is 11.8. The topological polar surface area (TPSA) is 97.4 Å². The third-order valence-electron chi connectivity index (χ3n) is 2.62. The molecule has 2 heterocycles. The molecule has 2 aromatic heterocycles. The smallest absolute Gasteiger partial charge is 0.274 e. The fourth-order valence-electron chi connectivity index (χ4n) is 1.55. The van der Waals surface area contributed by atoms with Gasteiger partial charge >= 0.3 is 0 Å². The minimum absolute atomic E-state index is 0.146. The number of aryl methyl sites for hydroxylation is 1. The van der Waals surface area contributed by atoms with Gasteiger partial charge in [-0.25, -0.2) is 0 Å². The second-order valence-electron chi connectivity index (χ2n) is 4.32. The van der Waals surface area contributed by atoms with Gasteiger partial charge in [0.05, 0.1) is 12.8 Å². The third-order valence-corrected chi connectivity index (χ3v) is 2.62. The molecule has 1 unspecified atom stereocenters. The first-order chi connectivity index (χ1) is 9.56. The van der Waals surface area contributed by atoms with Crippen molar-refractivity contribution in [2.24, 2.45) is 0 Å². The van der Waals surface area contributed by atoms with Gasteiger partial charge in [0.1, 0.15) is 17.6 Å². The van der Waals surface area contributed by atoms with E-state index in [0.717, 1.165) is 0 Å². The van der Waals surface area contributed by atoms with Gasteiger partial charge < -0.3 is 19.6 Å². The quantitative estimate of drug-likeness (QED) is 0.850. The summed E-state index contributed by atoms with van der Waals surface area (Å²) >= 11 is 0. The van der Waals surface area contributed by atoms with Crippen molar-refractivity contribution >= 4 is 11.8 Å². The number of hydrogen-bond acceptors (Lipinski definition) is 5. The van der Waals surface area contributed by atoms with Crippen molar-refractivity contribution in [1.29, 1.82) is 0 Å². The Morgan fingerprint density at radius 1 is 1.45 bits per heavy atom. The second kappa shape index (κ2) is 6.05. The van der Waals surface area contributed by atoms with E-state index in [2.05, 4.69) is 15.8 Å². The predicted octanol–water partition coefficient (Wildman–Crippen LogP) is 1.01. The second-order valence-corrected chi connectivity index (χ2v) is 4.32. The monoisotopic (exact) mass is 277 g/mol. The largest absolute Gasteiger partial charge is 0.467 e. The van der Waals surface area contributed by atoms with Crippen LogP contribution in [0.15, 0.2) is 33.4 Å². The van der Waals surface area contributed by atoms with Crippen molar-refractivity contribution < 1.29 is 18.5 Å². The SMILES string of the molecule is Cc1cc(C(=O)NC(C)C(=O)NCc2ccco2)no1. The van der Waals surface area contributed by atoms with E-state index in [-0.39, 0.29) is 18.1 Å². The molecule has 0 aromatic carbocycles. The number of carbonyl (C=O) groups is 2. The van der Waals surface area contributed by atoms with Crippen LogP contribution in [0.25, 0.3) is 0 Å². The van der Waals surface area contributed by atoms with Gasteiger partial charge in [-0.3, -0.25) is 9.59 Å². The zero-order valence-electron chi connectivity index (χ0n) is 11.2. The molecule has 2 aromatic rings. The zero-order valence-corrected chi connectivity index (χ0v) is 11.2. The summed E-state index contributed by atoms with van der Waals surface area (Å²) in [6.45, 7) is 3.54. The molecule has 20 heavy (non-hydrogen) atoms. The number of rotatable bonds is 5. The maximum Gasteiger partial charge on any atom is 0.274 e. The molecular weight excluding hydrogens is 262 g/mol. The predicted molar refractivity (Wildman–Crippen MR) is 68.7 cm³/mol. The highest BCUT2D eigenvalue weighted by Crippen LogP contribution is 2.02. The van der Waals surface area contributed by atoms with Crippen LogP contribution in [0.3, 0.4) is 0 Å². The normalized spacial score (nSPS) is 11.9. The third kappa shape index (κ3) is 3.47.